The Kier molecular flexibility index (Phi) is 5.76. The number of aliphatic imine (C=N–C) groups is 1. The lowest BCUT2D eigenvalue weighted by Crippen LogP contribution is -2.24. The standard InChI is InChI=1S/C21H22N2O4/c1-4-26-18-11-6-14(13-19(18)27-5-2)12-17-21(24)23-20(22-17)15-7-9-16(25-3)10-8-15/h6-13H,4-5H2,1-3H3,(H,22,23,24). The van der Waals surface area contributed by atoms with E-state index in [0.29, 0.717) is 36.2 Å². The van der Waals surface area contributed by atoms with Crippen LogP contribution in [0.1, 0.15) is 25.0 Å². The van der Waals surface area contributed by atoms with Crippen molar-refractivity contribution < 1.29 is 19.0 Å². The summed E-state index contributed by atoms with van der Waals surface area (Å²) in [5.41, 5.74) is 1.97. The zero-order chi connectivity index (χ0) is 19.2. The Hall–Kier alpha value is -3.28. The Morgan fingerprint density at radius 1 is 1.00 bits per heavy atom. The van der Waals surface area contributed by atoms with Crippen molar-refractivity contribution in [2.45, 2.75) is 13.8 Å². The number of nitrogens with one attached hydrogen (secondary N) is 1. The molecule has 1 amide bonds. The molecule has 0 saturated carbocycles. The summed E-state index contributed by atoms with van der Waals surface area (Å²) < 4.78 is 16.3. The third-order valence-corrected chi connectivity index (χ3v) is 3.93. The summed E-state index contributed by atoms with van der Waals surface area (Å²) in [5, 5.41) is 2.80. The van der Waals surface area contributed by atoms with Crippen LogP contribution in [0.5, 0.6) is 17.2 Å². The number of amides is 1. The first kappa shape index (κ1) is 18.5. The van der Waals surface area contributed by atoms with E-state index in [0.717, 1.165) is 16.9 Å². The monoisotopic (exact) mass is 366 g/mol. The number of nitrogens with zero attached hydrogens (tertiary/aromatic N) is 1. The molecule has 0 fully saturated rings. The van der Waals surface area contributed by atoms with Crippen molar-refractivity contribution in [1.82, 2.24) is 5.32 Å². The smallest absolute Gasteiger partial charge is 0.275 e. The van der Waals surface area contributed by atoms with E-state index < -0.39 is 0 Å². The molecule has 0 aliphatic carbocycles. The second-order valence-electron chi connectivity index (χ2n) is 5.74. The lowest BCUT2D eigenvalue weighted by atomic mass is 10.1. The molecule has 0 saturated heterocycles. The molecule has 1 heterocycles. The number of carbonyl (C=O) groups excluding carboxylic acids is 1. The maximum atomic E-state index is 12.3. The summed E-state index contributed by atoms with van der Waals surface area (Å²) >= 11 is 0. The Bertz CT molecular complexity index is 886. The van der Waals surface area contributed by atoms with Gasteiger partial charge in [-0.15, -0.1) is 0 Å². The van der Waals surface area contributed by atoms with Gasteiger partial charge in [0.2, 0.25) is 0 Å². The molecule has 0 spiro atoms. The van der Waals surface area contributed by atoms with Crippen molar-refractivity contribution in [3.05, 3.63) is 59.3 Å². The van der Waals surface area contributed by atoms with Gasteiger partial charge in [0.1, 0.15) is 17.3 Å². The predicted molar refractivity (Wildman–Crippen MR) is 104 cm³/mol. The average Bonchev–Trinajstić information content (AvgIpc) is 3.05. The fourth-order valence-corrected chi connectivity index (χ4v) is 2.67. The fourth-order valence-electron chi connectivity index (χ4n) is 2.67. The van der Waals surface area contributed by atoms with Crippen LogP contribution >= 0.6 is 0 Å². The topological polar surface area (TPSA) is 69.2 Å². The molecule has 0 atom stereocenters. The molecular weight excluding hydrogens is 344 g/mol. The largest absolute Gasteiger partial charge is 0.497 e. The number of hydrogen-bond acceptors (Lipinski definition) is 5. The first-order valence-electron chi connectivity index (χ1n) is 8.80. The molecular formula is C21H22N2O4. The maximum absolute atomic E-state index is 12.3. The van der Waals surface area contributed by atoms with Gasteiger partial charge in [-0.3, -0.25) is 4.79 Å². The summed E-state index contributed by atoms with van der Waals surface area (Å²) in [6.07, 6.45) is 1.73. The summed E-state index contributed by atoms with van der Waals surface area (Å²) in [6.45, 7) is 4.92. The van der Waals surface area contributed by atoms with Crippen LogP contribution in [0, 0.1) is 0 Å². The second-order valence-corrected chi connectivity index (χ2v) is 5.74. The predicted octanol–water partition coefficient (Wildman–Crippen LogP) is 3.41. The number of carbonyl (C=O) groups is 1. The van der Waals surface area contributed by atoms with Gasteiger partial charge in [0, 0.05) is 5.56 Å². The van der Waals surface area contributed by atoms with Gasteiger partial charge in [-0.2, -0.15) is 0 Å². The molecule has 2 aromatic rings. The number of rotatable bonds is 7. The minimum atomic E-state index is -0.243. The molecule has 1 aliphatic rings. The van der Waals surface area contributed by atoms with E-state index in [1.165, 1.54) is 0 Å². The van der Waals surface area contributed by atoms with Crippen LogP contribution in [0.4, 0.5) is 0 Å². The minimum Gasteiger partial charge on any atom is -0.497 e. The molecule has 6 heteroatoms. The van der Waals surface area contributed by atoms with Crippen molar-refractivity contribution in [3.63, 3.8) is 0 Å². The number of amidine groups is 1. The van der Waals surface area contributed by atoms with Gasteiger partial charge in [0.25, 0.3) is 5.91 Å². The van der Waals surface area contributed by atoms with Crippen LogP contribution in [-0.4, -0.2) is 32.1 Å². The molecule has 1 aliphatic heterocycles. The lowest BCUT2D eigenvalue weighted by molar-refractivity contribution is -0.115. The van der Waals surface area contributed by atoms with Crippen LogP contribution < -0.4 is 19.5 Å². The summed E-state index contributed by atoms with van der Waals surface area (Å²) in [7, 11) is 1.61. The molecule has 0 bridgehead atoms. The first-order valence-corrected chi connectivity index (χ1v) is 8.80. The lowest BCUT2D eigenvalue weighted by Gasteiger charge is -2.11. The normalized spacial score (nSPS) is 14.7. The van der Waals surface area contributed by atoms with Crippen molar-refractivity contribution >= 4 is 17.8 Å². The summed E-state index contributed by atoms with van der Waals surface area (Å²) in [6, 6.07) is 12.9. The molecule has 3 rings (SSSR count). The Morgan fingerprint density at radius 3 is 2.37 bits per heavy atom. The van der Waals surface area contributed by atoms with E-state index in [-0.39, 0.29) is 5.91 Å². The van der Waals surface area contributed by atoms with Crippen molar-refractivity contribution in [3.8, 4) is 17.2 Å². The molecule has 140 valence electrons. The zero-order valence-electron chi connectivity index (χ0n) is 15.6. The van der Waals surface area contributed by atoms with Gasteiger partial charge in [-0.25, -0.2) is 4.99 Å². The van der Waals surface area contributed by atoms with E-state index in [1.807, 2.05) is 56.3 Å². The molecule has 1 N–H and O–H groups in total. The SMILES string of the molecule is CCOc1ccc(C=C2N=C(c3ccc(OC)cc3)NC2=O)cc1OCC. The summed E-state index contributed by atoms with van der Waals surface area (Å²) in [4.78, 5) is 16.7. The number of hydrogen-bond donors (Lipinski definition) is 1. The highest BCUT2D eigenvalue weighted by atomic mass is 16.5. The van der Waals surface area contributed by atoms with Gasteiger partial charge in [0.05, 0.1) is 20.3 Å². The first-order chi connectivity index (χ1) is 13.1. The molecule has 0 aromatic heterocycles. The van der Waals surface area contributed by atoms with Crippen LogP contribution in [0.25, 0.3) is 6.08 Å². The van der Waals surface area contributed by atoms with Gasteiger partial charge in [-0.05, 0) is 61.9 Å². The molecule has 6 nitrogen and oxygen atoms in total. The second kappa shape index (κ2) is 8.40. The minimum absolute atomic E-state index is 0.243. The van der Waals surface area contributed by atoms with E-state index in [2.05, 4.69) is 10.3 Å². The van der Waals surface area contributed by atoms with Crippen molar-refractivity contribution in [2.75, 3.05) is 20.3 Å². The Balaban J connectivity index is 1.88. The number of ether oxygens (including phenoxy) is 3. The highest BCUT2D eigenvalue weighted by Crippen LogP contribution is 2.30. The number of benzene rings is 2. The molecule has 0 radical (unpaired) electrons. The van der Waals surface area contributed by atoms with Crippen LogP contribution in [0.15, 0.2) is 53.2 Å². The van der Waals surface area contributed by atoms with E-state index in [4.69, 9.17) is 14.2 Å². The fraction of sp³-hybridized carbons (Fsp3) is 0.238. The third-order valence-electron chi connectivity index (χ3n) is 3.93. The van der Waals surface area contributed by atoms with Crippen LogP contribution in [-0.2, 0) is 4.79 Å². The van der Waals surface area contributed by atoms with E-state index >= 15 is 0 Å². The molecule has 27 heavy (non-hydrogen) atoms. The van der Waals surface area contributed by atoms with Crippen molar-refractivity contribution in [1.29, 1.82) is 0 Å². The molecule has 0 unspecified atom stereocenters. The Morgan fingerprint density at radius 2 is 1.70 bits per heavy atom. The van der Waals surface area contributed by atoms with E-state index in [1.54, 1.807) is 13.2 Å². The Labute approximate surface area is 158 Å². The maximum Gasteiger partial charge on any atom is 0.275 e. The highest BCUT2D eigenvalue weighted by Gasteiger charge is 2.21. The van der Waals surface area contributed by atoms with E-state index in [9.17, 15) is 4.79 Å². The van der Waals surface area contributed by atoms with Crippen molar-refractivity contribution in [2.24, 2.45) is 4.99 Å². The van der Waals surface area contributed by atoms with Crippen LogP contribution in [0.3, 0.4) is 0 Å². The highest BCUT2D eigenvalue weighted by molar-refractivity contribution is 6.19. The molecule has 2 aromatic carbocycles. The van der Waals surface area contributed by atoms with Gasteiger partial charge < -0.3 is 19.5 Å². The van der Waals surface area contributed by atoms with Crippen LogP contribution in [0.2, 0.25) is 0 Å². The van der Waals surface area contributed by atoms with Gasteiger partial charge in [-0.1, -0.05) is 6.07 Å². The zero-order valence-corrected chi connectivity index (χ0v) is 15.6. The third kappa shape index (κ3) is 4.28. The average molecular weight is 366 g/mol. The number of methoxy groups -OCH3 is 1. The summed E-state index contributed by atoms with van der Waals surface area (Å²) in [5.74, 6) is 2.35. The van der Waals surface area contributed by atoms with Gasteiger partial charge in [0.15, 0.2) is 11.5 Å². The van der Waals surface area contributed by atoms with Gasteiger partial charge >= 0.3 is 0 Å². The quantitative estimate of drug-likeness (QED) is 0.763.